The fourth-order valence-electron chi connectivity index (χ4n) is 3.16. The zero-order valence-corrected chi connectivity index (χ0v) is 18.0. The number of methoxy groups -OCH3 is 2. The Morgan fingerprint density at radius 2 is 1.50 bits per heavy atom. The lowest BCUT2D eigenvalue weighted by Gasteiger charge is -2.20. The third-order valence-electron chi connectivity index (χ3n) is 4.80. The molecule has 158 valence electrons. The molecule has 0 bridgehead atoms. The topological polar surface area (TPSA) is 86.7 Å². The van der Waals surface area contributed by atoms with Gasteiger partial charge in [0.1, 0.15) is 0 Å². The van der Waals surface area contributed by atoms with E-state index in [0.717, 1.165) is 36.6 Å². The predicted molar refractivity (Wildman–Crippen MR) is 112 cm³/mol. The molecule has 0 aromatic rings. The van der Waals surface area contributed by atoms with E-state index in [4.69, 9.17) is 9.47 Å². The van der Waals surface area contributed by atoms with Crippen LogP contribution in [0.4, 0.5) is 0 Å². The minimum Gasteiger partial charge on any atom is -0.493 e. The van der Waals surface area contributed by atoms with Gasteiger partial charge in [-0.15, -0.1) is 0 Å². The molecular formula is C24H26O6. The van der Waals surface area contributed by atoms with Crippen molar-refractivity contribution >= 4 is 23.1 Å². The molecule has 0 aromatic carbocycles. The standard InChI is InChI=1S/C24H26O6/c1-14(2)7-6-8-15(3)9-10-16-23(28)18(12-21(27)24(16)30-5)17-11-20(26)22(29-4)13-19(17)25/h7,9,11-13H,6,8,10H2,1-5H3. The molecule has 2 aliphatic rings. The van der Waals surface area contributed by atoms with E-state index in [1.165, 1.54) is 19.8 Å². The van der Waals surface area contributed by atoms with Crippen LogP contribution in [0.5, 0.6) is 0 Å². The lowest BCUT2D eigenvalue weighted by atomic mass is 9.84. The summed E-state index contributed by atoms with van der Waals surface area (Å²) in [5.41, 5.74) is 2.26. The Kier molecular flexibility index (Phi) is 7.64. The van der Waals surface area contributed by atoms with E-state index >= 15 is 0 Å². The molecule has 6 heteroatoms. The molecule has 0 saturated heterocycles. The monoisotopic (exact) mass is 410 g/mol. The minimum atomic E-state index is -0.562. The van der Waals surface area contributed by atoms with Crippen LogP contribution in [0.2, 0.25) is 0 Å². The molecule has 0 saturated carbocycles. The first-order chi connectivity index (χ1) is 14.2. The number of ether oxygens (including phenoxy) is 2. The molecule has 0 spiro atoms. The van der Waals surface area contributed by atoms with Crippen LogP contribution in [0.3, 0.4) is 0 Å². The van der Waals surface area contributed by atoms with Crippen molar-refractivity contribution in [3.05, 3.63) is 69.8 Å². The van der Waals surface area contributed by atoms with Crippen molar-refractivity contribution in [2.75, 3.05) is 14.2 Å². The fourth-order valence-corrected chi connectivity index (χ4v) is 3.16. The SMILES string of the molecule is COC1=CC(=O)C(C2=CC(=O)C(OC)=C(CC=C(C)CCC=C(C)C)C2=O)=CC1=O. The van der Waals surface area contributed by atoms with Crippen molar-refractivity contribution in [1.29, 1.82) is 0 Å². The highest BCUT2D eigenvalue weighted by molar-refractivity contribution is 6.31. The van der Waals surface area contributed by atoms with Gasteiger partial charge in [0.15, 0.2) is 23.1 Å². The van der Waals surface area contributed by atoms with Crippen molar-refractivity contribution in [3.63, 3.8) is 0 Å². The van der Waals surface area contributed by atoms with E-state index in [2.05, 4.69) is 6.08 Å². The highest BCUT2D eigenvalue weighted by Gasteiger charge is 2.34. The first-order valence-corrected chi connectivity index (χ1v) is 9.62. The summed E-state index contributed by atoms with van der Waals surface area (Å²) in [6, 6.07) is 0. The van der Waals surface area contributed by atoms with Crippen LogP contribution < -0.4 is 0 Å². The van der Waals surface area contributed by atoms with E-state index in [9.17, 15) is 19.2 Å². The fraction of sp³-hybridized carbons (Fsp3) is 0.333. The van der Waals surface area contributed by atoms with Crippen LogP contribution in [0.25, 0.3) is 0 Å². The van der Waals surface area contributed by atoms with Gasteiger partial charge in [0, 0.05) is 34.9 Å². The lowest BCUT2D eigenvalue weighted by Crippen LogP contribution is -2.25. The van der Waals surface area contributed by atoms with E-state index in [-0.39, 0.29) is 34.7 Å². The summed E-state index contributed by atoms with van der Waals surface area (Å²) in [4.78, 5) is 50.1. The number of rotatable bonds is 8. The average molecular weight is 410 g/mol. The lowest BCUT2D eigenvalue weighted by molar-refractivity contribution is -0.119. The van der Waals surface area contributed by atoms with Crippen LogP contribution in [0.15, 0.2) is 69.8 Å². The third-order valence-corrected chi connectivity index (χ3v) is 4.80. The van der Waals surface area contributed by atoms with Crippen molar-refractivity contribution in [3.8, 4) is 0 Å². The van der Waals surface area contributed by atoms with Crippen LogP contribution in [0, 0.1) is 0 Å². The molecule has 0 radical (unpaired) electrons. The highest BCUT2D eigenvalue weighted by atomic mass is 16.5. The van der Waals surface area contributed by atoms with Gasteiger partial charge in [-0.05, 0) is 40.0 Å². The molecule has 0 fully saturated rings. The second kappa shape index (κ2) is 9.96. The molecule has 0 amide bonds. The molecular weight excluding hydrogens is 384 g/mol. The summed E-state index contributed by atoms with van der Waals surface area (Å²) in [7, 11) is 2.61. The van der Waals surface area contributed by atoms with Crippen LogP contribution in [0.1, 0.15) is 40.0 Å². The number of ketones is 4. The van der Waals surface area contributed by atoms with Gasteiger partial charge in [-0.3, -0.25) is 19.2 Å². The van der Waals surface area contributed by atoms with Gasteiger partial charge < -0.3 is 9.47 Å². The third kappa shape index (κ3) is 5.20. The molecule has 0 unspecified atom stereocenters. The van der Waals surface area contributed by atoms with Gasteiger partial charge in [-0.25, -0.2) is 0 Å². The summed E-state index contributed by atoms with van der Waals surface area (Å²) in [5.74, 6) is -2.26. The zero-order valence-electron chi connectivity index (χ0n) is 18.0. The highest BCUT2D eigenvalue weighted by Crippen LogP contribution is 2.30. The largest absolute Gasteiger partial charge is 0.493 e. The van der Waals surface area contributed by atoms with Gasteiger partial charge in [0.25, 0.3) is 0 Å². The normalized spacial score (nSPS) is 17.5. The van der Waals surface area contributed by atoms with Crippen LogP contribution >= 0.6 is 0 Å². The molecule has 0 heterocycles. The molecule has 2 rings (SSSR count). The summed E-state index contributed by atoms with van der Waals surface area (Å²) in [6.45, 7) is 6.03. The first kappa shape index (κ1) is 23.0. The Bertz CT molecular complexity index is 975. The second-order valence-electron chi connectivity index (χ2n) is 7.34. The number of carbonyl (C=O) groups excluding carboxylic acids is 4. The van der Waals surface area contributed by atoms with Gasteiger partial charge >= 0.3 is 0 Å². The molecule has 6 nitrogen and oxygen atoms in total. The van der Waals surface area contributed by atoms with Gasteiger partial charge in [0.2, 0.25) is 11.6 Å². The Balaban J connectivity index is 2.30. The van der Waals surface area contributed by atoms with Crippen LogP contribution in [-0.2, 0) is 28.7 Å². The van der Waals surface area contributed by atoms with Crippen molar-refractivity contribution in [2.24, 2.45) is 0 Å². The van der Waals surface area contributed by atoms with E-state index < -0.39 is 23.1 Å². The van der Waals surface area contributed by atoms with E-state index in [1.54, 1.807) is 0 Å². The number of hydrogen-bond acceptors (Lipinski definition) is 6. The maximum atomic E-state index is 13.1. The maximum Gasteiger partial charge on any atom is 0.221 e. The van der Waals surface area contributed by atoms with E-state index in [1.807, 2.05) is 26.8 Å². The summed E-state index contributed by atoms with van der Waals surface area (Å²) < 4.78 is 10.0. The minimum absolute atomic E-state index is 0.0413. The zero-order chi connectivity index (χ0) is 22.4. The van der Waals surface area contributed by atoms with Gasteiger partial charge in [-0.1, -0.05) is 23.3 Å². The van der Waals surface area contributed by atoms with Crippen molar-refractivity contribution < 1.29 is 28.7 Å². The molecule has 30 heavy (non-hydrogen) atoms. The Morgan fingerprint density at radius 3 is 2.10 bits per heavy atom. The summed E-state index contributed by atoms with van der Waals surface area (Å²) in [6.07, 6.45) is 9.04. The molecule has 0 N–H and O–H groups in total. The van der Waals surface area contributed by atoms with Crippen LogP contribution in [-0.4, -0.2) is 37.4 Å². The average Bonchev–Trinajstić information content (AvgIpc) is 2.69. The molecule has 2 aliphatic carbocycles. The number of carbonyl (C=O) groups is 4. The summed E-state index contributed by atoms with van der Waals surface area (Å²) >= 11 is 0. The van der Waals surface area contributed by atoms with Gasteiger partial charge in [0.05, 0.1) is 14.2 Å². The number of hydrogen-bond donors (Lipinski definition) is 0. The summed E-state index contributed by atoms with van der Waals surface area (Å²) in [5, 5.41) is 0. The quantitative estimate of drug-likeness (QED) is 0.448. The molecule has 0 atom stereocenters. The number of allylic oxidation sites excluding steroid dienone is 10. The van der Waals surface area contributed by atoms with E-state index in [0.29, 0.717) is 0 Å². The predicted octanol–water partition coefficient (Wildman–Crippen LogP) is 3.66. The molecule has 0 aliphatic heterocycles. The van der Waals surface area contributed by atoms with Gasteiger partial charge in [-0.2, -0.15) is 0 Å². The Hall–Kier alpha value is -3.28. The van der Waals surface area contributed by atoms with Crippen molar-refractivity contribution in [2.45, 2.75) is 40.0 Å². The smallest absolute Gasteiger partial charge is 0.221 e. The maximum absolute atomic E-state index is 13.1. The Labute approximate surface area is 176 Å². The molecule has 0 aromatic heterocycles. The second-order valence-corrected chi connectivity index (χ2v) is 7.34. The first-order valence-electron chi connectivity index (χ1n) is 9.62. The van der Waals surface area contributed by atoms with Crippen molar-refractivity contribution in [1.82, 2.24) is 0 Å². The number of Topliss-reactive ketones (excluding diaryl/α,β-unsaturated/α-hetero) is 1. The Morgan fingerprint density at radius 1 is 0.833 bits per heavy atom.